The first kappa shape index (κ1) is 17.6. The van der Waals surface area contributed by atoms with Crippen LogP contribution < -0.4 is 11.1 Å². The summed E-state index contributed by atoms with van der Waals surface area (Å²) in [6, 6.07) is 17.5. The van der Waals surface area contributed by atoms with Gasteiger partial charge in [0.2, 0.25) is 0 Å². The van der Waals surface area contributed by atoms with Crippen molar-refractivity contribution in [3.05, 3.63) is 59.7 Å². The van der Waals surface area contributed by atoms with E-state index in [1.165, 1.54) is 54.7 Å². The molecule has 0 spiro atoms. The summed E-state index contributed by atoms with van der Waals surface area (Å²) in [7, 11) is 0. The van der Waals surface area contributed by atoms with Gasteiger partial charge in [0, 0.05) is 52.2 Å². The van der Waals surface area contributed by atoms with E-state index in [0.717, 1.165) is 26.1 Å². The van der Waals surface area contributed by atoms with Gasteiger partial charge in [-0.1, -0.05) is 36.4 Å². The SMILES string of the molecule is Cl.NCCCn1c2ccccc2c2c3c(c4c5ccccc5[nH]c4c21)CNC3. The first-order chi connectivity index (χ1) is 13.4. The number of halogens is 1. The molecule has 0 atom stereocenters. The molecule has 5 heteroatoms. The Bertz CT molecular complexity index is 1350. The molecule has 6 rings (SSSR count). The molecular weight excluding hydrogens is 368 g/mol. The van der Waals surface area contributed by atoms with Crippen LogP contribution in [0.3, 0.4) is 0 Å². The van der Waals surface area contributed by atoms with E-state index in [9.17, 15) is 0 Å². The molecule has 4 N–H and O–H groups in total. The Morgan fingerprint density at radius 2 is 1.61 bits per heavy atom. The number of aromatic amines is 1. The maximum absolute atomic E-state index is 5.87. The smallest absolute Gasteiger partial charge is 0.0740 e. The van der Waals surface area contributed by atoms with Gasteiger partial charge in [-0.05, 0) is 36.2 Å². The molecule has 3 aromatic carbocycles. The number of hydrogen-bond donors (Lipinski definition) is 3. The molecule has 1 aliphatic heterocycles. The summed E-state index contributed by atoms with van der Waals surface area (Å²) in [6.07, 6.45) is 0.977. The lowest BCUT2D eigenvalue weighted by Crippen LogP contribution is -2.06. The van der Waals surface area contributed by atoms with Crippen LogP contribution in [0.1, 0.15) is 17.5 Å². The fourth-order valence-corrected chi connectivity index (χ4v) is 4.99. The molecule has 28 heavy (non-hydrogen) atoms. The van der Waals surface area contributed by atoms with E-state index >= 15 is 0 Å². The van der Waals surface area contributed by atoms with Gasteiger partial charge in [0.25, 0.3) is 0 Å². The zero-order chi connectivity index (χ0) is 18.0. The predicted octanol–water partition coefficient (Wildman–Crippen LogP) is 4.80. The molecular formula is C23H23ClN4. The fraction of sp³-hybridized carbons (Fsp3) is 0.217. The van der Waals surface area contributed by atoms with Crippen molar-refractivity contribution in [2.45, 2.75) is 26.1 Å². The average molecular weight is 391 g/mol. The quantitative estimate of drug-likeness (QED) is 0.414. The number of nitrogens with one attached hydrogen (secondary N) is 2. The number of H-pyrrole nitrogens is 1. The molecule has 0 aliphatic carbocycles. The third-order valence-electron chi connectivity index (χ3n) is 6.07. The number of rotatable bonds is 3. The van der Waals surface area contributed by atoms with Crippen LogP contribution in [0.2, 0.25) is 0 Å². The number of para-hydroxylation sites is 2. The van der Waals surface area contributed by atoms with Gasteiger partial charge in [0.1, 0.15) is 0 Å². The number of aromatic nitrogens is 2. The summed E-state index contributed by atoms with van der Waals surface area (Å²) in [5, 5.41) is 9.06. The standard InChI is InChI=1S/C23H22N4.ClH/c24-10-5-11-27-19-9-4-2-7-15(19)21-17-13-25-12-16(17)20-14-6-1-3-8-18(14)26-22(20)23(21)27;/h1-4,6-9,25-26H,5,10-13,24H2;1H. The van der Waals surface area contributed by atoms with Crippen LogP contribution in [0.5, 0.6) is 0 Å². The number of aryl methyl sites for hydroxylation is 1. The molecule has 0 saturated carbocycles. The van der Waals surface area contributed by atoms with E-state index in [1.807, 2.05) is 0 Å². The largest absolute Gasteiger partial charge is 0.353 e. The van der Waals surface area contributed by atoms with E-state index < -0.39 is 0 Å². The highest BCUT2D eigenvalue weighted by atomic mass is 35.5. The van der Waals surface area contributed by atoms with Crippen molar-refractivity contribution in [2.24, 2.45) is 5.73 Å². The van der Waals surface area contributed by atoms with E-state index in [0.29, 0.717) is 6.54 Å². The molecule has 142 valence electrons. The summed E-state index contributed by atoms with van der Waals surface area (Å²) >= 11 is 0. The molecule has 0 radical (unpaired) electrons. The van der Waals surface area contributed by atoms with Gasteiger partial charge in [-0.25, -0.2) is 0 Å². The molecule has 5 aromatic rings. The molecule has 2 aromatic heterocycles. The highest BCUT2D eigenvalue weighted by Crippen LogP contribution is 2.43. The van der Waals surface area contributed by atoms with Gasteiger partial charge in [-0.15, -0.1) is 12.4 Å². The predicted molar refractivity (Wildman–Crippen MR) is 120 cm³/mol. The van der Waals surface area contributed by atoms with Crippen molar-refractivity contribution in [1.29, 1.82) is 0 Å². The second-order valence-electron chi connectivity index (χ2n) is 7.52. The Morgan fingerprint density at radius 3 is 2.43 bits per heavy atom. The topological polar surface area (TPSA) is 58.8 Å². The lowest BCUT2D eigenvalue weighted by molar-refractivity contribution is 0.688. The molecule has 0 bridgehead atoms. The van der Waals surface area contributed by atoms with Crippen molar-refractivity contribution >= 4 is 56.0 Å². The van der Waals surface area contributed by atoms with Crippen LogP contribution in [-0.2, 0) is 19.6 Å². The van der Waals surface area contributed by atoms with Gasteiger partial charge in [0.15, 0.2) is 0 Å². The maximum Gasteiger partial charge on any atom is 0.0740 e. The van der Waals surface area contributed by atoms with E-state index in [-0.39, 0.29) is 12.4 Å². The molecule has 0 saturated heterocycles. The Hall–Kier alpha value is -2.53. The van der Waals surface area contributed by atoms with Gasteiger partial charge in [-0.2, -0.15) is 0 Å². The molecule has 0 unspecified atom stereocenters. The van der Waals surface area contributed by atoms with Crippen LogP contribution >= 0.6 is 12.4 Å². The Morgan fingerprint density at radius 1 is 0.893 bits per heavy atom. The summed E-state index contributed by atoms with van der Waals surface area (Å²) in [5.74, 6) is 0. The van der Waals surface area contributed by atoms with Crippen molar-refractivity contribution in [3.8, 4) is 0 Å². The lowest BCUT2D eigenvalue weighted by Gasteiger charge is -2.10. The summed E-state index contributed by atoms with van der Waals surface area (Å²) in [5.41, 5.74) is 13.9. The number of nitrogens with zero attached hydrogens (tertiary/aromatic N) is 1. The maximum atomic E-state index is 5.87. The van der Waals surface area contributed by atoms with Gasteiger partial charge in [0.05, 0.1) is 11.0 Å². The first-order valence-electron chi connectivity index (χ1n) is 9.74. The number of nitrogens with two attached hydrogens (primary N) is 1. The summed E-state index contributed by atoms with van der Waals surface area (Å²) in [4.78, 5) is 3.75. The molecule has 0 fully saturated rings. The summed E-state index contributed by atoms with van der Waals surface area (Å²) < 4.78 is 2.48. The van der Waals surface area contributed by atoms with E-state index in [2.05, 4.69) is 63.4 Å². The van der Waals surface area contributed by atoms with Crippen molar-refractivity contribution < 1.29 is 0 Å². The highest BCUT2D eigenvalue weighted by molar-refractivity contribution is 6.24. The molecule has 3 heterocycles. The minimum absolute atomic E-state index is 0. The zero-order valence-electron chi connectivity index (χ0n) is 15.6. The third-order valence-corrected chi connectivity index (χ3v) is 6.07. The minimum Gasteiger partial charge on any atom is -0.353 e. The normalized spacial score (nSPS) is 13.6. The number of benzene rings is 3. The van der Waals surface area contributed by atoms with Gasteiger partial charge < -0.3 is 20.6 Å². The van der Waals surface area contributed by atoms with Crippen LogP contribution in [0.4, 0.5) is 0 Å². The van der Waals surface area contributed by atoms with Gasteiger partial charge >= 0.3 is 0 Å². The molecule has 4 nitrogen and oxygen atoms in total. The number of hydrogen-bond acceptors (Lipinski definition) is 2. The summed E-state index contributed by atoms with van der Waals surface area (Å²) in [6.45, 7) is 3.52. The van der Waals surface area contributed by atoms with Crippen LogP contribution in [0.25, 0.3) is 43.6 Å². The monoisotopic (exact) mass is 390 g/mol. The number of fused-ring (bicyclic) bond motifs is 10. The fourth-order valence-electron chi connectivity index (χ4n) is 4.99. The van der Waals surface area contributed by atoms with Crippen LogP contribution in [0, 0.1) is 0 Å². The Balaban J connectivity index is 0.00000171. The lowest BCUT2D eigenvalue weighted by atomic mass is 9.97. The van der Waals surface area contributed by atoms with E-state index in [4.69, 9.17) is 5.73 Å². The van der Waals surface area contributed by atoms with Crippen molar-refractivity contribution in [2.75, 3.05) is 6.54 Å². The van der Waals surface area contributed by atoms with Gasteiger partial charge in [-0.3, -0.25) is 0 Å². The Kier molecular flexibility index (Phi) is 4.09. The third kappa shape index (κ3) is 2.20. The average Bonchev–Trinajstić information content (AvgIpc) is 3.39. The molecule has 0 amide bonds. The van der Waals surface area contributed by atoms with E-state index in [1.54, 1.807) is 0 Å². The Labute approximate surface area is 169 Å². The second kappa shape index (κ2) is 6.52. The first-order valence-corrected chi connectivity index (χ1v) is 9.74. The minimum atomic E-state index is 0. The molecule has 1 aliphatic rings. The highest BCUT2D eigenvalue weighted by Gasteiger charge is 2.25. The second-order valence-corrected chi connectivity index (χ2v) is 7.52. The van der Waals surface area contributed by atoms with Crippen molar-refractivity contribution in [1.82, 2.24) is 14.9 Å². The zero-order valence-corrected chi connectivity index (χ0v) is 16.4. The van der Waals surface area contributed by atoms with Crippen molar-refractivity contribution in [3.63, 3.8) is 0 Å². The van der Waals surface area contributed by atoms with Crippen LogP contribution in [0.15, 0.2) is 48.5 Å². The van der Waals surface area contributed by atoms with Crippen LogP contribution in [-0.4, -0.2) is 16.1 Å².